The van der Waals surface area contributed by atoms with Crippen LogP contribution in [0.25, 0.3) is 11.3 Å². The minimum absolute atomic E-state index is 0.159. The molecular weight excluding hydrogens is 459 g/mol. The van der Waals surface area contributed by atoms with Crippen LogP contribution in [0.5, 0.6) is 0 Å². The first-order valence-corrected chi connectivity index (χ1v) is 11.5. The minimum Gasteiger partial charge on any atom is -0.394 e. The number of carbonyl (C=O) groups excluding carboxylic acids is 1. The maximum absolute atomic E-state index is 15.0. The van der Waals surface area contributed by atoms with Crippen molar-refractivity contribution in [2.45, 2.75) is 43.7 Å². The summed E-state index contributed by atoms with van der Waals surface area (Å²) in [5, 5.41) is 22.6. The van der Waals surface area contributed by atoms with Crippen molar-refractivity contribution in [2.75, 3.05) is 12.3 Å². The van der Waals surface area contributed by atoms with Gasteiger partial charge in [-0.15, -0.1) is 0 Å². The minimum atomic E-state index is -0.745. The molecule has 0 spiro atoms. The Labute approximate surface area is 201 Å². The van der Waals surface area contributed by atoms with Crippen molar-refractivity contribution >= 4 is 23.3 Å². The predicted octanol–water partition coefficient (Wildman–Crippen LogP) is 4.00. The largest absolute Gasteiger partial charge is 0.394 e. The zero-order valence-corrected chi connectivity index (χ0v) is 19.2. The summed E-state index contributed by atoms with van der Waals surface area (Å²) in [4.78, 5) is 21.6. The van der Waals surface area contributed by atoms with Crippen molar-refractivity contribution in [3.63, 3.8) is 0 Å². The number of anilines is 1. The molecule has 1 aliphatic rings. The molecule has 1 heterocycles. The topological polar surface area (TPSA) is 121 Å². The van der Waals surface area contributed by atoms with Crippen LogP contribution in [0.4, 0.5) is 10.2 Å². The van der Waals surface area contributed by atoms with Gasteiger partial charge in [-0.05, 0) is 55.5 Å². The van der Waals surface area contributed by atoms with E-state index in [1.54, 1.807) is 36.5 Å². The van der Waals surface area contributed by atoms with Crippen LogP contribution in [0.2, 0.25) is 5.02 Å². The summed E-state index contributed by atoms with van der Waals surface area (Å²) in [7, 11) is 0. The number of nitrogen functional groups attached to an aromatic ring is 1. The molecule has 0 radical (unpaired) electrons. The number of nitrogens with two attached hydrogens (primary N) is 1. The van der Waals surface area contributed by atoms with Gasteiger partial charge in [0.1, 0.15) is 17.3 Å². The average Bonchev–Trinajstić information content (AvgIpc) is 2.83. The number of carbonyl (C=O) groups is 1. The van der Waals surface area contributed by atoms with Gasteiger partial charge in [-0.2, -0.15) is 0 Å². The van der Waals surface area contributed by atoms with Gasteiger partial charge in [0.2, 0.25) is 0 Å². The third kappa shape index (κ3) is 5.35. The van der Waals surface area contributed by atoms with Crippen LogP contribution in [-0.2, 0) is 0 Å². The maximum Gasteiger partial charge on any atom is 0.254 e. The molecule has 0 aliphatic heterocycles. The Morgan fingerprint density at radius 1 is 1.21 bits per heavy atom. The lowest BCUT2D eigenvalue weighted by Crippen LogP contribution is -2.31. The van der Waals surface area contributed by atoms with Gasteiger partial charge in [-0.1, -0.05) is 29.8 Å². The molecular formula is C25H26ClFN4O3. The number of aliphatic hydroxyl groups excluding tert-OH is 2. The highest BCUT2D eigenvalue weighted by atomic mass is 35.5. The van der Waals surface area contributed by atoms with Crippen molar-refractivity contribution in [2.24, 2.45) is 0 Å². The fraction of sp³-hybridized carbons (Fsp3) is 0.320. The van der Waals surface area contributed by atoms with E-state index < -0.39 is 17.8 Å². The van der Waals surface area contributed by atoms with Gasteiger partial charge in [0.15, 0.2) is 0 Å². The van der Waals surface area contributed by atoms with E-state index in [1.165, 1.54) is 12.1 Å². The normalized spacial score (nSPS) is 18.9. The quantitative estimate of drug-likeness (QED) is 0.419. The molecule has 178 valence electrons. The van der Waals surface area contributed by atoms with Gasteiger partial charge in [-0.25, -0.2) is 14.4 Å². The molecule has 1 aromatic heterocycles. The molecule has 2 aromatic carbocycles. The molecule has 34 heavy (non-hydrogen) atoms. The fourth-order valence-corrected chi connectivity index (χ4v) is 4.43. The van der Waals surface area contributed by atoms with E-state index in [4.69, 9.17) is 17.3 Å². The van der Waals surface area contributed by atoms with Crippen LogP contribution in [0.15, 0.2) is 48.7 Å². The van der Waals surface area contributed by atoms with Crippen LogP contribution in [0.1, 0.15) is 59.3 Å². The molecule has 9 heteroatoms. The summed E-state index contributed by atoms with van der Waals surface area (Å²) in [6, 6.07) is 10.1. The Morgan fingerprint density at radius 3 is 2.65 bits per heavy atom. The summed E-state index contributed by atoms with van der Waals surface area (Å²) in [5.41, 5.74) is 7.97. The first-order chi connectivity index (χ1) is 16.4. The standard InChI is InChI=1S/C25H26ClFN4O3/c26-17-3-1-2-15(10-17)22(13-32)31-25(34)19-9-6-16(11-20(19)27)23-24(28)29-12-21(30-23)14-4-7-18(33)8-5-14/h1-3,6,9-12,14,18,22,32-33H,4-5,7-8,13H2,(H2,28,29)(H,31,34)/t14-,18-,22-/m1/s1. The smallest absolute Gasteiger partial charge is 0.254 e. The third-order valence-corrected chi connectivity index (χ3v) is 6.40. The van der Waals surface area contributed by atoms with E-state index in [1.807, 2.05) is 0 Å². The SMILES string of the molecule is Nc1ncc([C@H]2CC[C@H](O)CC2)nc1-c1ccc(C(=O)N[C@H](CO)c2cccc(Cl)c2)c(F)c1. The number of rotatable bonds is 6. The Hall–Kier alpha value is -3.07. The zero-order chi connectivity index (χ0) is 24.2. The molecule has 0 bridgehead atoms. The number of amides is 1. The summed E-state index contributed by atoms with van der Waals surface area (Å²) >= 11 is 5.99. The number of hydrogen-bond acceptors (Lipinski definition) is 6. The molecule has 0 saturated heterocycles. The van der Waals surface area contributed by atoms with Crippen molar-refractivity contribution in [1.82, 2.24) is 15.3 Å². The molecule has 7 nitrogen and oxygen atoms in total. The number of aromatic nitrogens is 2. The number of aliphatic hydroxyl groups is 2. The molecule has 3 aromatic rings. The number of nitrogens with one attached hydrogen (secondary N) is 1. The van der Waals surface area contributed by atoms with Crippen molar-refractivity contribution in [3.8, 4) is 11.3 Å². The Bertz CT molecular complexity index is 1180. The molecule has 1 aliphatic carbocycles. The number of hydrogen-bond donors (Lipinski definition) is 4. The fourth-order valence-electron chi connectivity index (χ4n) is 4.23. The molecule has 1 saturated carbocycles. The lowest BCUT2D eigenvalue weighted by molar-refractivity contribution is 0.0912. The van der Waals surface area contributed by atoms with E-state index >= 15 is 0 Å². The molecule has 5 N–H and O–H groups in total. The van der Waals surface area contributed by atoms with Gasteiger partial charge in [0.05, 0.1) is 36.2 Å². The molecule has 4 rings (SSSR count). The van der Waals surface area contributed by atoms with E-state index in [0.29, 0.717) is 34.7 Å². The summed E-state index contributed by atoms with van der Waals surface area (Å²) in [6.45, 7) is -0.372. The van der Waals surface area contributed by atoms with Gasteiger partial charge in [-0.3, -0.25) is 4.79 Å². The first kappa shape index (κ1) is 24.1. The van der Waals surface area contributed by atoms with Crippen LogP contribution >= 0.6 is 11.6 Å². The number of nitrogens with zero attached hydrogens (tertiary/aromatic N) is 2. The second-order valence-corrected chi connectivity index (χ2v) is 8.93. The summed E-state index contributed by atoms with van der Waals surface area (Å²) < 4.78 is 15.0. The third-order valence-electron chi connectivity index (χ3n) is 6.16. The Morgan fingerprint density at radius 2 is 1.97 bits per heavy atom. The van der Waals surface area contributed by atoms with Crippen LogP contribution in [-0.4, -0.2) is 38.8 Å². The van der Waals surface area contributed by atoms with Gasteiger partial charge < -0.3 is 21.3 Å². The van der Waals surface area contributed by atoms with Crippen LogP contribution in [0, 0.1) is 5.82 Å². The second-order valence-electron chi connectivity index (χ2n) is 8.49. The maximum atomic E-state index is 15.0. The Balaban J connectivity index is 1.55. The van der Waals surface area contributed by atoms with E-state index in [9.17, 15) is 19.4 Å². The van der Waals surface area contributed by atoms with Gasteiger partial charge in [0.25, 0.3) is 5.91 Å². The van der Waals surface area contributed by atoms with Crippen molar-refractivity contribution < 1.29 is 19.4 Å². The van der Waals surface area contributed by atoms with E-state index in [-0.39, 0.29) is 30.0 Å². The highest BCUT2D eigenvalue weighted by Gasteiger charge is 2.24. The highest BCUT2D eigenvalue weighted by molar-refractivity contribution is 6.30. The van der Waals surface area contributed by atoms with Crippen molar-refractivity contribution in [3.05, 3.63) is 76.3 Å². The molecule has 1 amide bonds. The summed E-state index contributed by atoms with van der Waals surface area (Å²) in [5.74, 6) is -1.09. The lowest BCUT2D eigenvalue weighted by atomic mass is 9.85. The lowest BCUT2D eigenvalue weighted by Gasteiger charge is -2.25. The van der Waals surface area contributed by atoms with Gasteiger partial charge >= 0.3 is 0 Å². The summed E-state index contributed by atoms with van der Waals surface area (Å²) in [6.07, 6.45) is 4.35. The molecule has 1 fully saturated rings. The first-order valence-electron chi connectivity index (χ1n) is 11.1. The number of halogens is 2. The second kappa shape index (κ2) is 10.5. The predicted molar refractivity (Wildman–Crippen MR) is 128 cm³/mol. The Kier molecular flexibility index (Phi) is 7.41. The highest BCUT2D eigenvalue weighted by Crippen LogP contribution is 2.34. The molecule has 0 unspecified atom stereocenters. The van der Waals surface area contributed by atoms with E-state index in [0.717, 1.165) is 18.5 Å². The van der Waals surface area contributed by atoms with E-state index in [2.05, 4.69) is 15.3 Å². The average molecular weight is 485 g/mol. The molecule has 1 atom stereocenters. The van der Waals surface area contributed by atoms with Crippen molar-refractivity contribution in [1.29, 1.82) is 0 Å². The monoisotopic (exact) mass is 484 g/mol. The zero-order valence-electron chi connectivity index (χ0n) is 18.4. The van der Waals surface area contributed by atoms with Crippen LogP contribution < -0.4 is 11.1 Å². The van der Waals surface area contributed by atoms with Gasteiger partial charge in [0, 0.05) is 16.5 Å². The number of benzene rings is 2. The van der Waals surface area contributed by atoms with Crippen LogP contribution in [0.3, 0.4) is 0 Å².